The van der Waals surface area contributed by atoms with Crippen LogP contribution in [0.1, 0.15) is 35.1 Å². The van der Waals surface area contributed by atoms with Crippen molar-refractivity contribution in [1.29, 1.82) is 0 Å². The fourth-order valence-corrected chi connectivity index (χ4v) is 3.74. The number of hydrogen-bond donors (Lipinski definition) is 0. The van der Waals surface area contributed by atoms with E-state index in [0.717, 1.165) is 28.8 Å². The molecule has 0 radical (unpaired) electrons. The first-order valence-corrected chi connectivity index (χ1v) is 9.07. The van der Waals surface area contributed by atoms with Gasteiger partial charge in [-0.05, 0) is 50.3 Å². The first-order chi connectivity index (χ1) is 12.5. The largest absolute Gasteiger partial charge is 0.460 e. The van der Waals surface area contributed by atoms with E-state index in [1.807, 2.05) is 51.1 Å². The van der Waals surface area contributed by atoms with Crippen LogP contribution in [0, 0.1) is 26.7 Å². The molecule has 1 fully saturated rings. The third kappa shape index (κ3) is 3.79. The van der Waals surface area contributed by atoms with Crippen LogP contribution in [0.5, 0.6) is 0 Å². The standard InChI is InChI=1S/C22H25NO3/c1-15-12-16(2)20(17(3)13-15)23-11-7-10-19(21(23)24)22(25)26-14-18-8-5-4-6-9-18/h4-6,8-9,12-13,19H,7,10-11,14H2,1-3H3. The molecule has 26 heavy (non-hydrogen) atoms. The van der Waals surface area contributed by atoms with E-state index in [9.17, 15) is 9.59 Å². The Bertz CT molecular complexity index is 790. The molecule has 1 aliphatic rings. The van der Waals surface area contributed by atoms with Gasteiger partial charge in [0.2, 0.25) is 5.91 Å². The number of hydrogen-bond acceptors (Lipinski definition) is 3. The Hall–Kier alpha value is -2.62. The summed E-state index contributed by atoms with van der Waals surface area (Å²) in [6, 6.07) is 13.7. The Morgan fingerprint density at radius 1 is 1.12 bits per heavy atom. The average Bonchev–Trinajstić information content (AvgIpc) is 2.61. The highest BCUT2D eigenvalue weighted by molar-refractivity contribution is 6.07. The number of nitrogens with zero attached hydrogens (tertiary/aromatic N) is 1. The lowest BCUT2D eigenvalue weighted by molar-refractivity contribution is -0.154. The Morgan fingerprint density at radius 3 is 2.42 bits per heavy atom. The van der Waals surface area contributed by atoms with Crippen molar-refractivity contribution in [2.45, 2.75) is 40.2 Å². The number of piperidine rings is 1. The van der Waals surface area contributed by atoms with E-state index in [-0.39, 0.29) is 12.5 Å². The maximum atomic E-state index is 13.0. The lowest BCUT2D eigenvalue weighted by Gasteiger charge is -2.33. The zero-order valence-electron chi connectivity index (χ0n) is 15.6. The summed E-state index contributed by atoms with van der Waals surface area (Å²) in [7, 11) is 0. The zero-order chi connectivity index (χ0) is 18.7. The topological polar surface area (TPSA) is 46.6 Å². The Balaban J connectivity index is 1.74. The van der Waals surface area contributed by atoms with Crippen molar-refractivity contribution >= 4 is 17.6 Å². The predicted octanol–water partition coefficient (Wildman–Crippen LogP) is 4.10. The summed E-state index contributed by atoms with van der Waals surface area (Å²) in [4.78, 5) is 27.3. The van der Waals surface area contributed by atoms with E-state index in [1.165, 1.54) is 5.56 Å². The zero-order valence-corrected chi connectivity index (χ0v) is 15.6. The van der Waals surface area contributed by atoms with Gasteiger partial charge >= 0.3 is 5.97 Å². The molecular formula is C22H25NO3. The normalized spacial score (nSPS) is 17.3. The van der Waals surface area contributed by atoms with E-state index in [2.05, 4.69) is 12.1 Å². The summed E-state index contributed by atoms with van der Waals surface area (Å²) in [5.74, 6) is -1.29. The fourth-order valence-electron chi connectivity index (χ4n) is 3.74. The minimum atomic E-state index is -0.715. The van der Waals surface area contributed by atoms with Crippen molar-refractivity contribution in [3.05, 3.63) is 64.7 Å². The van der Waals surface area contributed by atoms with Crippen LogP contribution in [0.2, 0.25) is 0 Å². The molecule has 4 nitrogen and oxygen atoms in total. The van der Waals surface area contributed by atoms with E-state index in [0.29, 0.717) is 13.0 Å². The number of rotatable bonds is 4. The van der Waals surface area contributed by atoms with Crippen molar-refractivity contribution in [2.75, 3.05) is 11.4 Å². The molecule has 1 amide bonds. The third-order valence-electron chi connectivity index (χ3n) is 4.85. The number of aryl methyl sites for hydroxylation is 3. The van der Waals surface area contributed by atoms with E-state index < -0.39 is 11.9 Å². The van der Waals surface area contributed by atoms with Crippen LogP contribution in [0.4, 0.5) is 5.69 Å². The summed E-state index contributed by atoms with van der Waals surface area (Å²) in [5.41, 5.74) is 5.16. The molecule has 2 aromatic carbocycles. The number of amides is 1. The molecule has 0 aromatic heterocycles. The van der Waals surface area contributed by atoms with Crippen LogP contribution in [-0.2, 0) is 20.9 Å². The molecular weight excluding hydrogens is 326 g/mol. The van der Waals surface area contributed by atoms with Gasteiger partial charge in [-0.3, -0.25) is 9.59 Å². The lowest BCUT2D eigenvalue weighted by Crippen LogP contribution is -2.45. The summed E-state index contributed by atoms with van der Waals surface area (Å²) in [5, 5.41) is 0. The highest BCUT2D eigenvalue weighted by atomic mass is 16.5. The van der Waals surface area contributed by atoms with Crippen molar-refractivity contribution in [3.8, 4) is 0 Å². The van der Waals surface area contributed by atoms with Crippen LogP contribution in [-0.4, -0.2) is 18.4 Å². The molecule has 0 saturated carbocycles. The van der Waals surface area contributed by atoms with Crippen molar-refractivity contribution in [2.24, 2.45) is 5.92 Å². The molecule has 1 atom stereocenters. The first kappa shape index (κ1) is 18.2. The van der Waals surface area contributed by atoms with Gasteiger partial charge in [-0.15, -0.1) is 0 Å². The third-order valence-corrected chi connectivity index (χ3v) is 4.85. The second kappa shape index (κ2) is 7.73. The van der Waals surface area contributed by atoms with Gasteiger partial charge in [-0.2, -0.15) is 0 Å². The van der Waals surface area contributed by atoms with Crippen LogP contribution >= 0.6 is 0 Å². The molecule has 1 saturated heterocycles. The van der Waals surface area contributed by atoms with Gasteiger partial charge in [0.1, 0.15) is 12.5 Å². The number of ether oxygens (including phenoxy) is 1. The van der Waals surface area contributed by atoms with E-state index in [4.69, 9.17) is 4.74 Å². The van der Waals surface area contributed by atoms with Gasteiger partial charge in [-0.1, -0.05) is 48.0 Å². The molecule has 1 aliphatic heterocycles. The Kier molecular flexibility index (Phi) is 5.40. The van der Waals surface area contributed by atoms with E-state index >= 15 is 0 Å². The van der Waals surface area contributed by atoms with Crippen molar-refractivity contribution < 1.29 is 14.3 Å². The van der Waals surface area contributed by atoms with Gasteiger partial charge < -0.3 is 9.64 Å². The quantitative estimate of drug-likeness (QED) is 0.615. The van der Waals surface area contributed by atoms with Crippen LogP contribution in [0.3, 0.4) is 0 Å². The molecule has 4 heteroatoms. The minimum absolute atomic E-state index is 0.149. The highest BCUT2D eigenvalue weighted by Gasteiger charge is 2.36. The number of carbonyl (C=O) groups excluding carboxylic acids is 2. The van der Waals surface area contributed by atoms with Gasteiger partial charge in [0, 0.05) is 12.2 Å². The summed E-state index contributed by atoms with van der Waals surface area (Å²) < 4.78 is 5.42. The minimum Gasteiger partial charge on any atom is -0.460 e. The molecule has 1 heterocycles. The van der Waals surface area contributed by atoms with Gasteiger partial charge in [-0.25, -0.2) is 0 Å². The smallest absolute Gasteiger partial charge is 0.318 e. The van der Waals surface area contributed by atoms with Crippen LogP contribution < -0.4 is 4.90 Å². The first-order valence-electron chi connectivity index (χ1n) is 9.07. The monoisotopic (exact) mass is 351 g/mol. The summed E-state index contributed by atoms with van der Waals surface area (Å²) in [6.07, 6.45) is 1.34. The molecule has 0 N–H and O–H groups in total. The fraction of sp³-hybridized carbons (Fsp3) is 0.364. The number of carbonyl (C=O) groups is 2. The Labute approximate surface area is 154 Å². The number of benzene rings is 2. The van der Waals surface area contributed by atoms with Crippen LogP contribution in [0.15, 0.2) is 42.5 Å². The molecule has 2 aromatic rings. The maximum Gasteiger partial charge on any atom is 0.318 e. The van der Waals surface area contributed by atoms with E-state index in [1.54, 1.807) is 4.90 Å². The molecule has 0 aliphatic carbocycles. The maximum absolute atomic E-state index is 13.0. The second-order valence-electron chi connectivity index (χ2n) is 7.03. The average molecular weight is 351 g/mol. The Morgan fingerprint density at radius 2 is 1.77 bits per heavy atom. The predicted molar refractivity (Wildman–Crippen MR) is 102 cm³/mol. The highest BCUT2D eigenvalue weighted by Crippen LogP contribution is 2.31. The number of anilines is 1. The SMILES string of the molecule is Cc1cc(C)c(N2CCCC(C(=O)OCc3ccccc3)C2=O)c(C)c1. The van der Waals surface area contributed by atoms with Gasteiger partial charge in [0.15, 0.2) is 0 Å². The second-order valence-corrected chi connectivity index (χ2v) is 7.03. The lowest BCUT2D eigenvalue weighted by atomic mass is 9.94. The molecule has 3 rings (SSSR count). The van der Waals surface area contributed by atoms with Crippen molar-refractivity contribution in [1.82, 2.24) is 0 Å². The van der Waals surface area contributed by atoms with Gasteiger partial charge in [0.25, 0.3) is 0 Å². The molecule has 0 bridgehead atoms. The molecule has 1 unspecified atom stereocenters. The molecule has 0 spiro atoms. The summed E-state index contributed by atoms with van der Waals surface area (Å²) >= 11 is 0. The summed E-state index contributed by atoms with van der Waals surface area (Å²) in [6.45, 7) is 6.92. The number of esters is 1. The van der Waals surface area contributed by atoms with Gasteiger partial charge in [0.05, 0.1) is 0 Å². The van der Waals surface area contributed by atoms with Crippen molar-refractivity contribution in [3.63, 3.8) is 0 Å². The van der Waals surface area contributed by atoms with Crippen LogP contribution in [0.25, 0.3) is 0 Å². The molecule has 136 valence electrons.